The zero-order chi connectivity index (χ0) is 15.8. The Balaban J connectivity index is 0.00000169. The molecule has 6 heteroatoms. The molecule has 2 aliphatic carbocycles. The largest absolute Gasteiger partial charge is 0.348 e. The summed E-state index contributed by atoms with van der Waals surface area (Å²) >= 11 is 0. The number of rotatable bonds is 4. The van der Waals surface area contributed by atoms with Crippen molar-refractivity contribution < 1.29 is 4.79 Å². The second-order valence-corrected chi connectivity index (χ2v) is 7.78. The van der Waals surface area contributed by atoms with E-state index in [2.05, 4.69) is 22.7 Å². The first-order valence-electron chi connectivity index (χ1n) is 9.27. The topological polar surface area (TPSA) is 59.0 Å². The number of halogens is 1. The standard InChI is InChI=1S/C18H28N4O.ClH/c1-12(16-10-13-4-5-14(16)9-13)20-18(23)17-6-8-22(21-17)15-3-2-7-19-11-15;/h6,8,12-16,19H,2-5,7,9-11H2,1H3,(H,20,23);1H. The first kappa shape index (κ1) is 17.7. The smallest absolute Gasteiger partial charge is 0.271 e. The first-order valence-corrected chi connectivity index (χ1v) is 9.27. The molecule has 1 amide bonds. The predicted octanol–water partition coefficient (Wildman–Crippen LogP) is 2.78. The molecule has 24 heavy (non-hydrogen) atoms. The van der Waals surface area contributed by atoms with Gasteiger partial charge in [0.15, 0.2) is 0 Å². The van der Waals surface area contributed by atoms with Crippen molar-refractivity contribution in [1.82, 2.24) is 20.4 Å². The van der Waals surface area contributed by atoms with Crippen LogP contribution in [0.1, 0.15) is 62.0 Å². The van der Waals surface area contributed by atoms with Crippen molar-refractivity contribution >= 4 is 18.3 Å². The predicted molar refractivity (Wildman–Crippen MR) is 96.5 cm³/mol. The third-order valence-corrected chi connectivity index (χ3v) is 6.28. The number of fused-ring (bicyclic) bond motifs is 2. The maximum absolute atomic E-state index is 12.5. The Hall–Kier alpha value is -1.07. The summed E-state index contributed by atoms with van der Waals surface area (Å²) < 4.78 is 1.96. The minimum absolute atomic E-state index is 0. The van der Waals surface area contributed by atoms with E-state index < -0.39 is 0 Å². The molecule has 2 saturated carbocycles. The fraction of sp³-hybridized carbons (Fsp3) is 0.778. The normalized spacial score (nSPS) is 33.0. The quantitative estimate of drug-likeness (QED) is 0.876. The fourth-order valence-corrected chi connectivity index (χ4v) is 5.02. The van der Waals surface area contributed by atoms with Crippen LogP contribution in [0.25, 0.3) is 0 Å². The molecule has 3 aliphatic rings. The number of aromatic nitrogens is 2. The van der Waals surface area contributed by atoms with E-state index in [1.807, 2.05) is 16.9 Å². The summed E-state index contributed by atoms with van der Waals surface area (Å²) in [4.78, 5) is 12.5. The van der Waals surface area contributed by atoms with Gasteiger partial charge >= 0.3 is 0 Å². The molecule has 2 N–H and O–H groups in total. The zero-order valence-electron chi connectivity index (χ0n) is 14.4. The summed E-state index contributed by atoms with van der Waals surface area (Å²) in [5, 5.41) is 11.1. The molecule has 0 spiro atoms. The van der Waals surface area contributed by atoms with Crippen LogP contribution >= 0.6 is 12.4 Å². The van der Waals surface area contributed by atoms with Crippen molar-refractivity contribution in [3.63, 3.8) is 0 Å². The van der Waals surface area contributed by atoms with Crippen molar-refractivity contribution in [2.75, 3.05) is 13.1 Å². The van der Waals surface area contributed by atoms with Gasteiger partial charge in [0.05, 0.1) is 6.04 Å². The van der Waals surface area contributed by atoms with Gasteiger partial charge in [-0.05, 0) is 69.4 Å². The van der Waals surface area contributed by atoms with E-state index in [-0.39, 0.29) is 24.4 Å². The van der Waals surface area contributed by atoms with Crippen LogP contribution in [0.3, 0.4) is 0 Å². The van der Waals surface area contributed by atoms with Crippen molar-refractivity contribution in [2.45, 2.75) is 57.5 Å². The Morgan fingerprint density at radius 2 is 2.25 bits per heavy atom. The van der Waals surface area contributed by atoms with Crippen molar-refractivity contribution in [3.05, 3.63) is 18.0 Å². The number of hydrogen-bond donors (Lipinski definition) is 2. The highest BCUT2D eigenvalue weighted by molar-refractivity contribution is 5.92. The Labute approximate surface area is 150 Å². The Kier molecular flexibility index (Phi) is 5.50. The maximum Gasteiger partial charge on any atom is 0.271 e. The average Bonchev–Trinajstić information content (AvgIpc) is 3.31. The molecule has 2 heterocycles. The van der Waals surface area contributed by atoms with Gasteiger partial charge in [-0.1, -0.05) is 6.42 Å². The SMILES string of the molecule is CC(NC(=O)c1ccn(C2CCCNC2)n1)C1CC2CCC1C2.Cl. The molecule has 1 saturated heterocycles. The monoisotopic (exact) mass is 352 g/mol. The number of carbonyl (C=O) groups excluding carboxylic acids is 1. The van der Waals surface area contributed by atoms with Crippen LogP contribution in [-0.2, 0) is 0 Å². The van der Waals surface area contributed by atoms with Crippen molar-refractivity contribution in [2.24, 2.45) is 17.8 Å². The molecule has 5 nitrogen and oxygen atoms in total. The molecule has 1 aromatic heterocycles. The molecule has 5 atom stereocenters. The number of piperidine rings is 1. The summed E-state index contributed by atoms with van der Waals surface area (Å²) in [6.45, 7) is 4.21. The molecule has 1 aromatic rings. The number of nitrogens with one attached hydrogen (secondary N) is 2. The van der Waals surface area contributed by atoms with Crippen LogP contribution in [0.15, 0.2) is 12.3 Å². The number of nitrogens with zero attached hydrogens (tertiary/aromatic N) is 2. The number of hydrogen-bond acceptors (Lipinski definition) is 3. The van der Waals surface area contributed by atoms with E-state index in [4.69, 9.17) is 0 Å². The summed E-state index contributed by atoms with van der Waals surface area (Å²) in [5.74, 6) is 2.41. The van der Waals surface area contributed by atoms with Gasteiger partial charge in [0.1, 0.15) is 5.69 Å². The lowest BCUT2D eigenvalue weighted by Gasteiger charge is -2.28. The lowest BCUT2D eigenvalue weighted by molar-refractivity contribution is 0.0909. The third-order valence-electron chi connectivity index (χ3n) is 6.28. The molecule has 0 radical (unpaired) electrons. The molecule has 1 aliphatic heterocycles. The van der Waals surface area contributed by atoms with Gasteiger partial charge in [-0.2, -0.15) is 5.10 Å². The summed E-state index contributed by atoms with van der Waals surface area (Å²) in [6.07, 6.45) is 9.71. The molecule has 5 unspecified atom stereocenters. The third kappa shape index (κ3) is 3.47. The highest BCUT2D eigenvalue weighted by atomic mass is 35.5. The average molecular weight is 353 g/mol. The van der Waals surface area contributed by atoms with Crippen molar-refractivity contribution in [1.29, 1.82) is 0 Å². The molecule has 134 valence electrons. The van der Waals surface area contributed by atoms with E-state index in [0.29, 0.717) is 17.7 Å². The van der Waals surface area contributed by atoms with Gasteiger partial charge in [-0.15, -0.1) is 12.4 Å². The Morgan fingerprint density at radius 3 is 2.92 bits per heavy atom. The highest BCUT2D eigenvalue weighted by Crippen LogP contribution is 2.49. The summed E-state index contributed by atoms with van der Waals surface area (Å²) in [6, 6.07) is 2.50. The van der Waals surface area contributed by atoms with Gasteiger partial charge in [0, 0.05) is 18.8 Å². The van der Waals surface area contributed by atoms with E-state index in [1.165, 1.54) is 32.1 Å². The van der Waals surface area contributed by atoms with Gasteiger partial charge in [0.2, 0.25) is 0 Å². The number of amides is 1. The van der Waals surface area contributed by atoms with Crippen LogP contribution < -0.4 is 10.6 Å². The molecule has 4 rings (SSSR count). The lowest BCUT2D eigenvalue weighted by atomic mass is 9.84. The van der Waals surface area contributed by atoms with Gasteiger partial charge in [0.25, 0.3) is 5.91 Å². The Bertz CT molecular complexity index is 569. The van der Waals surface area contributed by atoms with Crippen LogP contribution in [0, 0.1) is 17.8 Å². The summed E-state index contributed by atoms with van der Waals surface area (Å²) in [7, 11) is 0. The van der Waals surface area contributed by atoms with Gasteiger partial charge in [-0.3, -0.25) is 9.48 Å². The Morgan fingerprint density at radius 1 is 1.38 bits per heavy atom. The van der Waals surface area contributed by atoms with Crippen LogP contribution in [0.4, 0.5) is 0 Å². The number of carbonyl (C=O) groups is 1. The molecular weight excluding hydrogens is 324 g/mol. The minimum atomic E-state index is -0.0113. The van der Waals surface area contributed by atoms with E-state index >= 15 is 0 Å². The zero-order valence-corrected chi connectivity index (χ0v) is 15.2. The molecule has 0 aromatic carbocycles. The van der Waals surface area contributed by atoms with E-state index in [1.54, 1.807) is 0 Å². The highest BCUT2D eigenvalue weighted by Gasteiger charge is 2.42. The first-order chi connectivity index (χ1) is 11.2. The van der Waals surface area contributed by atoms with Crippen LogP contribution in [-0.4, -0.2) is 34.8 Å². The lowest BCUT2D eigenvalue weighted by Crippen LogP contribution is -2.40. The molecule has 3 fully saturated rings. The minimum Gasteiger partial charge on any atom is -0.348 e. The van der Waals surface area contributed by atoms with E-state index in [0.717, 1.165) is 31.3 Å². The second-order valence-electron chi connectivity index (χ2n) is 7.78. The van der Waals surface area contributed by atoms with Crippen LogP contribution in [0.2, 0.25) is 0 Å². The fourth-order valence-electron chi connectivity index (χ4n) is 5.02. The maximum atomic E-state index is 12.5. The van der Waals surface area contributed by atoms with Crippen LogP contribution in [0.5, 0.6) is 0 Å². The van der Waals surface area contributed by atoms with E-state index in [9.17, 15) is 4.79 Å². The molecule has 2 bridgehead atoms. The summed E-state index contributed by atoms with van der Waals surface area (Å²) in [5.41, 5.74) is 0.561. The van der Waals surface area contributed by atoms with Gasteiger partial charge in [-0.25, -0.2) is 0 Å². The molecular formula is C18H29ClN4O. The second kappa shape index (κ2) is 7.44. The van der Waals surface area contributed by atoms with Gasteiger partial charge < -0.3 is 10.6 Å². The van der Waals surface area contributed by atoms with Crippen molar-refractivity contribution in [3.8, 4) is 0 Å².